The van der Waals surface area contributed by atoms with Gasteiger partial charge in [-0.15, -0.1) is 0 Å². The summed E-state index contributed by atoms with van der Waals surface area (Å²) in [4.78, 5) is 28.0. The summed E-state index contributed by atoms with van der Waals surface area (Å²) in [7, 11) is 1.79. The molecule has 22 heavy (non-hydrogen) atoms. The van der Waals surface area contributed by atoms with Gasteiger partial charge in [-0.3, -0.25) is 14.3 Å². The van der Waals surface area contributed by atoms with Crippen LogP contribution in [0.25, 0.3) is 0 Å². The van der Waals surface area contributed by atoms with Crippen molar-refractivity contribution in [2.24, 2.45) is 5.92 Å². The lowest BCUT2D eigenvalue weighted by Crippen LogP contribution is -2.49. The summed E-state index contributed by atoms with van der Waals surface area (Å²) >= 11 is 0. The molecule has 0 aromatic carbocycles. The molecule has 0 radical (unpaired) electrons. The molecule has 0 N–H and O–H groups in total. The topological polar surface area (TPSA) is 67.7 Å². The van der Waals surface area contributed by atoms with Crippen LogP contribution >= 0.6 is 0 Å². The van der Waals surface area contributed by atoms with Gasteiger partial charge >= 0.3 is 0 Å². The first-order valence-corrected chi connectivity index (χ1v) is 7.76. The SMILES string of the molecule is CCn1nccc1C(=O)N1CC[C@@H]2OCC(=O)N(C)C[C@H]2C1. The van der Waals surface area contributed by atoms with Crippen molar-refractivity contribution in [3.8, 4) is 0 Å². The standard InChI is InChI=1S/C15H22N4O3/c1-3-19-12(4-6-16-19)15(21)18-7-5-13-11(9-18)8-17(2)14(20)10-22-13/h4,6,11,13H,3,5,7-10H2,1-2H3/t11-,13-/m0/s1. The quantitative estimate of drug-likeness (QED) is 0.784. The van der Waals surface area contributed by atoms with E-state index in [2.05, 4.69) is 5.10 Å². The molecular weight excluding hydrogens is 284 g/mol. The molecule has 1 aromatic rings. The fraction of sp³-hybridized carbons (Fsp3) is 0.667. The lowest BCUT2D eigenvalue weighted by molar-refractivity contribution is -0.133. The van der Waals surface area contributed by atoms with Gasteiger partial charge in [0.1, 0.15) is 12.3 Å². The lowest BCUT2D eigenvalue weighted by atomic mass is 9.94. The number of nitrogens with zero attached hydrogens (tertiary/aromatic N) is 4. The van der Waals surface area contributed by atoms with Gasteiger partial charge in [0.2, 0.25) is 5.91 Å². The fourth-order valence-electron chi connectivity index (χ4n) is 3.26. The van der Waals surface area contributed by atoms with Gasteiger partial charge in [0.25, 0.3) is 5.91 Å². The molecule has 0 saturated carbocycles. The number of aryl methyl sites for hydroxylation is 1. The Labute approximate surface area is 129 Å². The van der Waals surface area contributed by atoms with Crippen LogP contribution in [-0.2, 0) is 16.1 Å². The molecule has 2 aliphatic rings. The van der Waals surface area contributed by atoms with Gasteiger partial charge in [0.15, 0.2) is 0 Å². The maximum atomic E-state index is 12.7. The van der Waals surface area contributed by atoms with Crippen molar-refractivity contribution < 1.29 is 14.3 Å². The van der Waals surface area contributed by atoms with E-state index in [-0.39, 0.29) is 30.4 Å². The Morgan fingerprint density at radius 2 is 2.27 bits per heavy atom. The van der Waals surface area contributed by atoms with Crippen LogP contribution in [0.15, 0.2) is 12.3 Å². The molecule has 2 fully saturated rings. The van der Waals surface area contributed by atoms with Gasteiger partial charge in [-0.1, -0.05) is 0 Å². The van der Waals surface area contributed by atoms with Gasteiger partial charge in [0, 0.05) is 45.3 Å². The number of fused-ring (bicyclic) bond motifs is 1. The number of rotatable bonds is 2. The molecule has 0 spiro atoms. The van der Waals surface area contributed by atoms with E-state index in [1.54, 1.807) is 28.9 Å². The van der Waals surface area contributed by atoms with Crippen LogP contribution in [0.3, 0.4) is 0 Å². The molecule has 7 nitrogen and oxygen atoms in total. The number of likely N-dealkylation sites (tertiary alicyclic amines) is 1. The molecule has 120 valence electrons. The Kier molecular flexibility index (Phi) is 4.15. The van der Waals surface area contributed by atoms with Crippen molar-refractivity contribution in [3.63, 3.8) is 0 Å². The zero-order chi connectivity index (χ0) is 15.7. The number of carbonyl (C=O) groups excluding carboxylic acids is 2. The number of hydrogen-bond acceptors (Lipinski definition) is 4. The fourth-order valence-corrected chi connectivity index (χ4v) is 3.26. The molecule has 0 aliphatic carbocycles. The molecule has 1 aromatic heterocycles. The highest BCUT2D eigenvalue weighted by atomic mass is 16.5. The Bertz CT molecular complexity index is 571. The van der Waals surface area contributed by atoms with Crippen LogP contribution in [0.1, 0.15) is 23.8 Å². The van der Waals surface area contributed by atoms with Crippen molar-refractivity contribution in [1.29, 1.82) is 0 Å². The number of likely N-dealkylation sites (N-methyl/N-ethyl adjacent to an activating group) is 1. The van der Waals surface area contributed by atoms with Crippen LogP contribution < -0.4 is 0 Å². The maximum Gasteiger partial charge on any atom is 0.272 e. The molecule has 2 saturated heterocycles. The van der Waals surface area contributed by atoms with Gasteiger partial charge in [-0.25, -0.2) is 0 Å². The first-order chi connectivity index (χ1) is 10.6. The number of ether oxygens (including phenoxy) is 1. The number of hydrogen-bond donors (Lipinski definition) is 0. The van der Waals surface area contributed by atoms with Crippen molar-refractivity contribution >= 4 is 11.8 Å². The second-order valence-electron chi connectivity index (χ2n) is 5.96. The van der Waals surface area contributed by atoms with Gasteiger partial charge in [0.05, 0.1) is 6.10 Å². The molecule has 7 heteroatoms. The molecule has 2 atom stereocenters. The Hall–Kier alpha value is -1.89. The summed E-state index contributed by atoms with van der Waals surface area (Å²) in [6, 6.07) is 1.76. The maximum absolute atomic E-state index is 12.7. The first-order valence-electron chi connectivity index (χ1n) is 7.76. The monoisotopic (exact) mass is 306 g/mol. The molecule has 3 heterocycles. The number of piperidine rings is 1. The highest BCUT2D eigenvalue weighted by Crippen LogP contribution is 2.24. The Morgan fingerprint density at radius 3 is 3.05 bits per heavy atom. The second kappa shape index (κ2) is 6.08. The highest BCUT2D eigenvalue weighted by Gasteiger charge is 2.36. The predicted molar refractivity (Wildman–Crippen MR) is 79.3 cm³/mol. The summed E-state index contributed by atoms with van der Waals surface area (Å²) in [6.07, 6.45) is 2.50. The summed E-state index contributed by atoms with van der Waals surface area (Å²) < 4.78 is 7.42. The van der Waals surface area contributed by atoms with Gasteiger partial charge < -0.3 is 14.5 Å². The van der Waals surface area contributed by atoms with E-state index in [1.165, 1.54) is 0 Å². The van der Waals surface area contributed by atoms with Gasteiger partial charge in [-0.2, -0.15) is 5.10 Å². The van der Waals surface area contributed by atoms with E-state index >= 15 is 0 Å². The summed E-state index contributed by atoms with van der Waals surface area (Å²) in [5, 5.41) is 4.16. The van der Waals surface area contributed by atoms with Crippen LogP contribution in [-0.4, -0.2) is 70.8 Å². The van der Waals surface area contributed by atoms with Crippen molar-refractivity contribution in [2.75, 3.05) is 33.3 Å². The summed E-state index contributed by atoms with van der Waals surface area (Å²) in [5.74, 6) is 0.194. The molecule has 3 rings (SSSR count). The first kappa shape index (κ1) is 15.0. The largest absolute Gasteiger partial charge is 0.368 e. The van der Waals surface area contributed by atoms with Gasteiger partial charge in [-0.05, 0) is 19.4 Å². The Morgan fingerprint density at radius 1 is 1.45 bits per heavy atom. The summed E-state index contributed by atoms with van der Waals surface area (Å²) in [5.41, 5.74) is 0.625. The summed E-state index contributed by atoms with van der Waals surface area (Å²) in [6.45, 7) is 4.71. The molecule has 0 unspecified atom stereocenters. The average Bonchev–Trinajstić information content (AvgIpc) is 2.95. The lowest BCUT2D eigenvalue weighted by Gasteiger charge is -2.37. The minimum atomic E-state index is 0.0102. The van der Waals surface area contributed by atoms with E-state index in [4.69, 9.17) is 4.74 Å². The molecule has 0 bridgehead atoms. The number of carbonyl (C=O) groups is 2. The second-order valence-corrected chi connectivity index (χ2v) is 5.96. The van der Waals surface area contributed by atoms with E-state index < -0.39 is 0 Å². The van der Waals surface area contributed by atoms with Crippen LogP contribution in [0.5, 0.6) is 0 Å². The third-order valence-electron chi connectivity index (χ3n) is 4.54. The third-order valence-corrected chi connectivity index (χ3v) is 4.54. The Balaban J connectivity index is 1.72. The highest BCUT2D eigenvalue weighted by molar-refractivity contribution is 5.92. The predicted octanol–water partition coefficient (Wildman–Crippen LogP) is 0.222. The number of aromatic nitrogens is 2. The van der Waals surface area contributed by atoms with E-state index in [1.807, 2.05) is 11.8 Å². The number of amides is 2. The smallest absolute Gasteiger partial charge is 0.272 e. The average molecular weight is 306 g/mol. The minimum absolute atomic E-state index is 0.0102. The third kappa shape index (κ3) is 2.72. The van der Waals surface area contributed by atoms with Crippen LogP contribution in [0.2, 0.25) is 0 Å². The zero-order valence-electron chi connectivity index (χ0n) is 13.1. The van der Waals surface area contributed by atoms with E-state index in [9.17, 15) is 9.59 Å². The van der Waals surface area contributed by atoms with Crippen molar-refractivity contribution in [1.82, 2.24) is 19.6 Å². The minimum Gasteiger partial charge on any atom is -0.368 e. The van der Waals surface area contributed by atoms with Crippen molar-refractivity contribution in [3.05, 3.63) is 18.0 Å². The van der Waals surface area contributed by atoms with Crippen LogP contribution in [0.4, 0.5) is 0 Å². The molecular formula is C15H22N4O3. The van der Waals surface area contributed by atoms with Crippen molar-refractivity contribution in [2.45, 2.75) is 26.0 Å². The van der Waals surface area contributed by atoms with E-state index in [0.717, 1.165) is 6.42 Å². The molecule has 2 amide bonds. The van der Waals surface area contributed by atoms with E-state index in [0.29, 0.717) is 31.9 Å². The zero-order valence-corrected chi connectivity index (χ0v) is 13.1. The normalized spacial score (nSPS) is 25.8. The molecule has 2 aliphatic heterocycles. The van der Waals surface area contributed by atoms with Crippen LogP contribution in [0, 0.1) is 5.92 Å².